The summed E-state index contributed by atoms with van der Waals surface area (Å²) in [6, 6.07) is 20.6. The second-order valence-corrected chi connectivity index (χ2v) is 8.65. The van der Waals surface area contributed by atoms with Gasteiger partial charge in [0.2, 0.25) is 0 Å². The van der Waals surface area contributed by atoms with Crippen molar-refractivity contribution in [3.05, 3.63) is 98.5 Å². The molecule has 4 nitrogen and oxygen atoms in total. The maximum atomic E-state index is 13.3. The molecule has 2 amide bonds. The smallest absolute Gasteiger partial charge is 0.283 e. The third-order valence-electron chi connectivity index (χ3n) is 4.28. The number of anilines is 2. The van der Waals surface area contributed by atoms with Gasteiger partial charge in [-0.2, -0.15) is 0 Å². The summed E-state index contributed by atoms with van der Waals surface area (Å²) in [7, 11) is 0. The second kappa shape index (κ2) is 8.74. The summed E-state index contributed by atoms with van der Waals surface area (Å²) in [4.78, 5) is 28.6. The van der Waals surface area contributed by atoms with Gasteiger partial charge in [0.1, 0.15) is 10.6 Å². The molecule has 1 aliphatic rings. The Morgan fingerprint density at radius 1 is 0.733 bits per heavy atom. The number of para-hydroxylation sites is 1. The highest BCUT2D eigenvalue weighted by Crippen LogP contribution is 2.39. The average Bonchev–Trinajstić information content (AvgIpc) is 2.96. The molecule has 0 unspecified atom stereocenters. The first-order chi connectivity index (χ1) is 14.4. The van der Waals surface area contributed by atoms with Crippen molar-refractivity contribution in [3.63, 3.8) is 0 Å². The van der Waals surface area contributed by atoms with Gasteiger partial charge in [-0.3, -0.25) is 9.59 Å². The molecule has 0 spiro atoms. The zero-order chi connectivity index (χ0) is 21.3. The SMILES string of the molecule is O=C1C(Nc2ccc(Cl)cc2)=C(Sc2ccc(Cl)cc2)C(=O)N1c1ccccc1Cl. The second-order valence-electron chi connectivity index (χ2n) is 6.29. The van der Waals surface area contributed by atoms with E-state index in [-0.39, 0.29) is 10.6 Å². The van der Waals surface area contributed by atoms with E-state index < -0.39 is 11.8 Å². The van der Waals surface area contributed by atoms with Crippen LogP contribution >= 0.6 is 46.6 Å². The van der Waals surface area contributed by atoms with E-state index >= 15 is 0 Å². The van der Waals surface area contributed by atoms with E-state index in [1.165, 1.54) is 11.8 Å². The number of amides is 2. The van der Waals surface area contributed by atoms with Gasteiger partial charge < -0.3 is 5.32 Å². The molecular weight excluding hydrogens is 463 g/mol. The Kier molecular flexibility index (Phi) is 6.06. The van der Waals surface area contributed by atoms with Crippen LogP contribution in [0.25, 0.3) is 0 Å². The molecule has 150 valence electrons. The molecule has 30 heavy (non-hydrogen) atoms. The summed E-state index contributed by atoms with van der Waals surface area (Å²) in [5.74, 6) is -0.941. The molecule has 1 aliphatic heterocycles. The van der Waals surface area contributed by atoms with Crippen molar-refractivity contribution in [1.29, 1.82) is 0 Å². The third-order valence-corrected chi connectivity index (χ3v) is 6.20. The van der Waals surface area contributed by atoms with Crippen LogP contribution in [-0.2, 0) is 9.59 Å². The molecule has 4 rings (SSSR count). The van der Waals surface area contributed by atoms with Crippen molar-refractivity contribution in [2.75, 3.05) is 10.2 Å². The number of nitrogens with zero attached hydrogens (tertiary/aromatic N) is 1. The van der Waals surface area contributed by atoms with E-state index in [0.717, 1.165) is 9.80 Å². The number of nitrogens with one attached hydrogen (secondary N) is 1. The van der Waals surface area contributed by atoms with Crippen molar-refractivity contribution in [3.8, 4) is 0 Å². The van der Waals surface area contributed by atoms with Crippen LogP contribution in [0.3, 0.4) is 0 Å². The van der Waals surface area contributed by atoms with Gasteiger partial charge >= 0.3 is 0 Å². The monoisotopic (exact) mass is 474 g/mol. The molecule has 0 saturated carbocycles. The molecule has 1 N–H and O–H groups in total. The van der Waals surface area contributed by atoms with Gasteiger partial charge in [-0.25, -0.2) is 4.90 Å². The molecule has 0 aliphatic carbocycles. The van der Waals surface area contributed by atoms with Gasteiger partial charge in [-0.15, -0.1) is 0 Å². The first-order valence-electron chi connectivity index (χ1n) is 8.77. The summed E-state index contributed by atoms with van der Waals surface area (Å²) >= 11 is 19.4. The molecule has 3 aromatic rings. The van der Waals surface area contributed by atoms with Gasteiger partial charge in [-0.05, 0) is 60.7 Å². The lowest BCUT2D eigenvalue weighted by molar-refractivity contribution is -0.120. The molecule has 0 fully saturated rings. The van der Waals surface area contributed by atoms with Crippen LogP contribution in [0, 0.1) is 0 Å². The zero-order valence-electron chi connectivity index (χ0n) is 15.2. The Bertz CT molecular complexity index is 1090. The highest BCUT2D eigenvalue weighted by Gasteiger charge is 2.41. The third kappa shape index (κ3) is 4.20. The maximum Gasteiger partial charge on any atom is 0.283 e. The fourth-order valence-electron chi connectivity index (χ4n) is 2.86. The Balaban J connectivity index is 1.75. The highest BCUT2D eigenvalue weighted by molar-refractivity contribution is 8.04. The van der Waals surface area contributed by atoms with Gasteiger partial charge in [0.25, 0.3) is 11.8 Å². The summed E-state index contributed by atoms with van der Waals surface area (Å²) < 4.78 is 0. The summed E-state index contributed by atoms with van der Waals surface area (Å²) in [5.41, 5.74) is 1.13. The molecule has 0 aromatic heterocycles. The Morgan fingerprint density at radius 3 is 1.97 bits per heavy atom. The molecule has 3 aromatic carbocycles. The minimum atomic E-state index is -0.487. The normalized spacial score (nSPS) is 13.9. The van der Waals surface area contributed by atoms with Crippen LogP contribution in [0.5, 0.6) is 0 Å². The van der Waals surface area contributed by atoms with E-state index in [1.54, 1.807) is 72.8 Å². The number of halogens is 3. The number of rotatable bonds is 5. The summed E-state index contributed by atoms with van der Waals surface area (Å²) in [6.45, 7) is 0. The largest absolute Gasteiger partial charge is 0.350 e. The molecule has 0 atom stereocenters. The maximum absolute atomic E-state index is 13.3. The van der Waals surface area contributed by atoms with E-state index in [4.69, 9.17) is 34.8 Å². The standard InChI is InChI=1S/C22H13Cl3N2O2S/c23-13-5-9-15(10-6-13)26-19-20(30-16-11-7-14(24)8-12-16)22(29)27(21(19)28)18-4-2-1-3-17(18)25/h1-12,26H. The Labute approximate surface area is 192 Å². The fraction of sp³-hybridized carbons (Fsp3) is 0. The van der Waals surface area contributed by atoms with Crippen molar-refractivity contribution in [2.24, 2.45) is 0 Å². The van der Waals surface area contributed by atoms with Crippen molar-refractivity contribution in [1.82, 2.24) is 0 Å². The average molecular weight is 476 g/mol. The van der Waals surface area contributed by atoms with Gasteiger partial charge in [-0.1, -0.05) is 58.7 Å². The molecule has 0 radical (unpaired) electrons. The number of hydrogen-bond acceptors (Lipinski definition) is 4. The van der Waals surface area contributed by atoms with Crippen LogP contribution in [0.4, 0.5) is 11.4 Å². The number of carbonyl (C=O) groups excluding carboxylic acids is 2. The number of imide groups is 1. The molecule has 0 saturated heterocycles. The number of hydrogen-bond donors (Lipinski definition) is 1. The van der Waals surface area contributed by atoms with E-state index in [0.29, 0.717) is 26.4 Å². The van der Waals surface area contributed by atoms with Crippen molar-refractivity contribution >= 4 is 69.8 Å². The lowest BCUT2D eigenvalue weighted by atomic mass is 10.3. The molecular formula is C22H13Cl3N2O2S. The number of thioether (sulfide) groups is 1. The van der Waals surface area contributed by atoms with Crippen LogP contribution in [-0.4, -0.2) is 11.8 Å². The summed E-state index contributed by atoms with van der Waals surface area (Å²) in [5, 5.41) is 4.53. The lowest BCUT2D eigenvalue weighted by Crippen LogP contribution is -2.32. The highest BCUT2D eigenvalue weighted by atomic mass is 35.5. The summed E-state index contributed by atoms with van der Waals surface area (Å²) in [6.07, 6.45) is 0. The quantitative estimate of drug-likeness (QED) is 0.420. The zero-order valence-corrected chi connectivity index (χ0v) is 18.3. The van der Waals surface area contributed by atoms with E-state index in [1.807, 2.05) is 0 Å². The number of benzene rings is 3. The van der Waals surface area contributed by atoms with E-state index in [9.17, 15) is 9.59 Å². The van der Waals surface area contributed by atoms with Crippen LogP contribution in [0.1, 0.15) is 0 Å². The van der Waals surface area contributed by atoms with Gasteiger partial charge in [0.05, 0.1) is 10.7 Å². The first-order valence-corrected chi connectivity index (χ1v) is 10.7. The topological polar surface area (TPSA) is 49.4 Å². The minimum absolute atomic E-state index is 0.169. The lowest BCUT2D eigenvalue weighted by Gasteiger charge is -2.16. The molecule has 1 heterocycles. The Morgan fingerprint density at radius 2 is 1.33 bits per heavy atom. The Hall–Kier alpha value is -2.44. The predicted molar refractivity (Wildman–Crippen MR) is 123 cm³/mol. The first kappa shape index (κ1) is 20.8. The van der Waals surface area contributed by atoms with Crippen LogP contribution in [0.15, 0.2) is 88.3 Å². The fourth-order valence-corrected chi connectivity index (χ4v) is 4.26. The predicted octanol–water partition coefficient (Wildman–Crippen LogP) is 6.64. The van der Waals surface area contributed by atoms with E-state index in [2.05, 4.69) is 5.32 Å². The van der Waals surface area contributed by atoms with Gasteiger partial charge in [0.15, 0.2) is 0 Å². The van der Waals surface area contributed by atoms with Crippen LogP contribution in [0.2, 0.25) is 15.1 Å². The minimum Gasteiger partial charge on any atom is -0.350 e. The van der Waals surface area contributed by atoms with Crippen LogP contribution < -0.4 is 10.2 Å². The van der Waals surface area contributed by atoms with Crippen molar-refractivity contribution < 1.29 is 9.59 Å². The van der Waals surface area contributed by atoms with Gasteiger partial charge in [0, 0.05) is 20.6 Å². The molecule has 0 bridgehead atoms. The molecule has 8 heteroatoms. The number of carbonyl (C=O) groups is 2. The van der Waals surface area contributed by atoms with Crippen molar-refractivity contribution in [2.45, 2.75) is 4.90 Å².